The van der Waals surface area contributed by atoms with Crippen LogP contribution in [0.2, 0.25) is 0 Å². The van der Waals surface area contributed by atoms with Gasteiger partial charge < -0.3 is 14.4 Å². The summed E-state index contributed by atoms with van der Waals surface area (Å²) in [7, 11) is -1.54. The molecule has 10 heteroatoms. The molecule has 0 aliphatic carbocycles. The van der Waals surface area contributed by atoms with E-state index in [9.17, 15) is 17.6 Å². The molecule has 2 aliphatic heterocycles. The fourth-order valence-corrected chi connectivity index (χ4v) is 6.48. The molecule has 0 N–H and O–H groups in total. The Labute approximate surface area is 209 Å². The number of benzene rings is 1. The largest absolute Gasteiger partial charge is 0.488 e. The van der Waals surface area contributed by atoms with E-state index in [0.717, 1.165) is 22.0 Å². The van der Waals surface area contributed by atoms with Gasteiger partial charge in [0.05, 0.1) is 30.7 Å². The molecule has 36 heavy (non-hydrogen) atoms. The summed E-state index contributed by atoms with van der Waals surface area (Å²) in [6.07, 6.45) is 4.70. The Balaban J connectivity index is 1.32. The summed E-state index contributed by atoms with van der Waals surface area (Å²) in [5.41, 5.74) is 2.75. The Morgan fingerprint density at radius 3 is 2.69 bits per heavy atom. The normalized spacial score (nSPS) is 19.9. The number of ether oxygens (including phenoxy) is 2. The van der Waals surface area contributed by atoms with Crippen molar-refractivity contribution in [2.24, 2.45) is 5.92 Å². The second-order valence-electron chi connectivity index (χ2n) is 9.30. The summed E-state index contributed by atoms with van der Waals surface area (Å²) in [6, 6.07) is 9.23. The number of nitrogens with zero attached hydrogens (tertiary/aromatic N) is 3. The molecular weight excluding hydrogens is 485 g/mol. The summed E-state index contributed by atoms with van der Waals surface area (Å²) < 4.78 is 48.3. The molecule has 5 rings (SSSR count). The van der Waals surface area contributed by atoms with Gasteiger partial charge in [0, 0.05) is 47.8 Å². The number of halogens is 1. The average Bonchev–Trinajstić information content (AvgIpc) is 3.36. The SMILES string of the molecule is COc1ncc(-c2ccnc3ccc(O[C@H]4CCN(C(=O)C5CCS(=O)(=O)CC5)C4)cc23)cc1CF. The minimum Gasteiger partial charge on any atom is -0.488 e. The van der Waals surface area contributed by atoms with E-state index >= 15 is 0 Å². The summed E-state index contributed by atoms with van der Waals surface area (Å²) in [5, 5.41) is 0.848. The topological polar surface area (TPSA) is 98.7 Å². The van der Waals surface area contributed by atoms with Crippen molar-refractivity contribution in [3.63, 3.8) is 0 Å². The predicted molar refractivity (Wildman–Crippen MR) is 133 cm³/mol. The van der Waals surface area contributed by atoms with Crippen LogP contribution in [0.25, 0.3) is 22.0 Å². The van der Waals surface area contributed by atoms with Crippen LogP contribution in [0.5, 0.6) is 11.6 Å². The fourth-order valence-electron chi connectivity index (χ4n) is 4.99. The monoisotopic (exact) mass is 513 g/mol. The number of sulfone groups is 1. The number of rotatable bonds is 6. The molecule has 0 unspecified atom stereocenters. The number of hydrogen-bond donors (Lipinski definition) is 0. The molecule has 0 radical (unpaired) electrons. The zero-order valence-corrected chi connectivity index (χ0v) is 20.8. The Hall–Kier alpha value is -3.27. The molecule has 2 saturated heterocycles. The number of alkyl halides is 1. The lowest BCUT2D eigenvalue weighted by molar-refractivity contribution is -0.135. The molecule has 190 valence electrons. The van der Waals surface area contributed by atoms with Crippen LogP contribution in [0.1, 0.15) is 24.8 Å². The van der Waals surface area contributed by atoms with Gasteiger partial charge in [0.2, 0.25) is 11.8 Å². The van der Waals surface area contributed by atoms with Crippen molar-refractivity contribution in [2.45, 2.75) is 32.0 Å². The van der Waals surface area contributed by atoms with Gasteiger partial charge in [0.15, 0.2) is 0 Å². The standard InChI is InChI=1S/C26H28FN3O5S/c1-34-25-18(14-27)12-19(15-29-25)22-4-8-28-24-3-2-20(13-23(22)24)35-21-5-9-30(16-21)26(31)17-6-10-36(32,33)11-7-17/h2-4,8,12-13,15,17,21H,5-7,9-11,14,16H2,1H3/t21-/m0/s1. The highest BCUT2D eigenvalue weighted by molar-refractivity contribution is 7.91. The lowest BCUT2D eigenvalue weighted by Crippen LogP contribution is -2.39. The lowest BCUT2D eigenvalue weighted by atomic mass is 10.0. The highest BCUT2D eigenvalue weighted by atomic mass is 32.2. The number of aromatic nitrogens is 2. The van der Waals surface area contributed by atoms with Crippen molar-refractivity contribution in [1.29, 1.82) is 0 Å². The van der Waals surface area contributed by atoms with Crippen LogP contribution in [-0.4, -0.2) is 67.0 Å². The van der Waals surface area contributed by atoms with Gasteiger partial charge in [-0.2, -0.15) is 0 Å². The molecule has 4 heterocycles. The Kier molecular flexibility index (Phi) is 6.79. The van der Waals surface area contributed by atoms with E-state index in [1.165, 1.54) is 7.11 Å². The second-order valence-corrected chi connectivity index (χ2v) is 11.6. The third-order valence-corrected chi connectivity index (χ3v) is 8.67. The first kappa shape index (κ1) is 24.4. The van der Waals surface area contributed by atoms with E-state index in [1.807, 2.05) is 24.3 Å². The minimum atomic E-state index is -3.00. The number of carbonyl (C=O) groups excluding carboxylic acids is 1. The van der Waals surface area contributed by atoms with Gasteiger partial charge >= 0.3 is 0 Å². The Bertz CT molecular complexity index is 1380. The van der Waals surface area contributed by atoms with E-state index in [0.29, 0.717) is 43.7 Å². The van der Waals surface area contributed by atoms with E-state index < -0.39 is 16.5 Å². The molecule has 0 saturated carbocycles. The van der Waals surface area contributed by atoms with Gasteiger partial charge in [-0.1, -0.05) is 0 Å². The number of methoxy groups -OCH3 is 1. The van der Waals surface area contributed by atoms with Gasteiger partial charge in [-0.3, -0.25) is 9.78 Å². The Morgan fingerprint density at radius 1 is 1.14 bits per heavy atom. The summed E-state index contributed by atoms with van der Waals surface area (Å²) >= 11 is 0. The maximum atomic E-state index is 13.5. The van der Waals surface area contributed by atoms with Gasteiger partial charge in [0.1, 0.15) is 28.4 Å². The first-order valence-corrected chi connectivity index (χ1v) is 13.8. The number of pyridine rings is 2. The molecule has 0 bridgehead atoms. The third kappa shape index (κ3) is 5.00. The van der Waals surface area contributed by atoms with E-state index in [4.69, 9.17) is 9.47 Å². The van der Waals surface area contributed by atoms with Crippen LogP contribution < -0.4 is 9.47 Å². The zero-order chi connectivity index (χ0) is 25.3. The number of likely N-dealkylation sites (tertiary alicyclic amines) is 1. The number of amides is 1. The van der Waals surface area contributed by atoms with Crippen LogP contribution in [-0.2, 0) is 21.3 Å². The summed E-state index contributed by atoms with van der Waals surface area (Å²) in [6.45, 7) is 0.383. The predicted octanol–water partition coefficient (Wildman–Crippen LogP) is 3.58. The van der Waals surface area contributed by atoms with Crippen molar-refractivity contribution in [3.05, 3.63) is 48.3 Å². The van der Waals surface area contributed by atoms with Gasteiger partial charge in [-0.25, -0.2) is 17.8 Å². The number of carbonyl (C=O) groups is 1. The smallest absolute Gasteiger partial charge is 0.225 e. The van der Waals surface area contributed by atoms with Gasteiger partial charge in [-0.05, 0) is 48.7 Å². The third-order valence-electron chi connectivity index (χ3n) is 6.95. The number of hydrogen-bond acceptors (Lipinski definition) is 7. The molecule has 2 aliphatic rings. The minimum absolute atomic E-state index is 0.0247. The summed E-state index contributed by atoms with van der Waals surface area (Å²) in [4.78, 5) is 23.4. The van der Waals surface area contributed by atoms with Crippen LogP contribution in [0, 0.1) is 5.92 Å². The van der Waals surface area contributed by atoms with Crippen LogP contribution in [0.4, 0.5) is 4.39 Å². The first-order chi connectivity index (χ1) is 17.4. The molecule has 1 atom stereocenters. The highest BCUT2D eigenvalue weighted by Gasteiger charge is 2.35. The molecule has 3 aromatic rings. The van der Waals surface area contributed by atoms with Crippen molar-refractivity contribution >= 4 is 26.6 Å². The molecule has 2 aromatic heterocycles. The molecule has 1 aromatic carbocycles. The van der Waals surface area contributed by atoms with Gasteiger partial charge in [-0.15, -0.1) is 0 Å². The Morgan fingerprint density at radius 2 is 1.94 bits per heavy atom. The average molecular weight is 514 g/mol. The second kappa shape index (κ2) is 10.0. The summed E-state index contributed by atoms with van der Waals surface area (Å²) in [5.74, 6) is 0.888. The number of fused-ring (bicyclic) bond motifs is 1. The molecule has 0 spiro atoms. The van der Waals surface area contributed by atoms with Crippen molar-refractivity contribution < 1.29 is 27.1 Å². The van der Waals surface area contributed by atoms with Gasteiger partial charge in [0.25, 0.3) is 0 Å². The van der Waals surface area contributed by atoms with Crippen LogP contribution in [0.3, 0.4) is 0 Å². The molecular formula is C26H28FN3O5S. The lowest BCUT2D eigenvalue weighted by Gasteiger charge is -2.26. The first-order valence-electron chi connectivity index (χ1n) is 12.0. The molecule has 2 fully saturated rings. The van der Waals surface area contributed by atoms with Crippen molar-refractivity contribution in [1.82, 2.24) is 14.9 Å². The van der Waals surface area contributed by atoms with E-state index in [2.05, 4.69) is 9.97 Å². The van der Waals surface area contributed by atoms with Crippen LogP contribution >= 0.6 is 0 Å². The van der Waals surface area contributed by atoms with E-state index in [-0.39, 0.29) is 35.3 Å². The maximum absolute atomic E-state index is 13.5. The highest BCUT2D eigenvalue weighted by Crippen LogP contribution is 2.33. The fraction of sp³-hybridized carbons (Fsp3) is 0.423. The maximum Gasteiger partial charge on any atom is 0.225 e. The van der Waals surface area contributed by atoms with Crippen molar-refractivity contribution in [2.75, 3.05) is 31.7 Å². The van der Waals surface area contributed by atoms with Crippen LogP contribution in [0.15, 0.2) is 42.7 Å². The zero-order valence-electron chi connectivity index (χ0n) is 20.0. The molecule has 8 nitrogen and oxygen atoms in total. The van der Waals surface area contributed by atoms with Crippen molar-refractivity contribution in [3.8, 4) is 22.8 Å². The molecule has 1 amide bonds. The quantitative estimate of drug-likeness (QED) is 0.497. The van der Waals surface area contributed by atoms with E-state index in [1.54, 1.807) is 23.4 Å².